The van der Waals surface area contributed by atoms with Crippen LogP contribution in [0.25, 0.3) is 0 Å². The Balaban J connectivity index is 1.97. The zero-order chi connectivity index (χ0) is 16.7. The average Bonchev–Trinajstić information content (AvgIpc) is 2.88. The van der Waals surface area contributed by atoms with Crippen LogP contribution >= 0.6 is 0 Å². The van der Waals surface area contributed by atoms with Gasteiger partial charge in [-0.15, -0.1) is 0 Å². The predicted molar refractivity (Wildman–Crippen MR) is 89.5 cm³/mol. The Kier molecular flexibility index (Phi) is 6.17. The molecule has 6 nitrogen and oxygen atoms in total. The van der Waals surface area contributed by atoms with Crippen LogP contribution in [0.5, 0.6) is 0 Å². The molecule has 1 heterocycles. The van der Waals surface area contributed by atoms with E-state index in [9.17, 15) is 4.79 Å². The van der Waals surface area contributed by atoms with E-state index in [1.165, 1.54) is 0 Å². The quantitative estimate of drug-likeness (QED) is 0.576. The number of hydrogen-bond acceptors (Lipinski definition) is 5. The van der Waals surface area contributed by atoms with Gasteiger partial charge >= 0.3 is 0 Å². The Hall–Kier alpha value is -2.34. The molecule has 0 atom stereocenters. The molecule has 0 spiro atoms. The fourth-order valence-corrected chi connectivity index (χ4v) is 2.11. The van der Waals surface area contributed by atoms with Gasteiger partial charge in [-0.2, -0.15) is 0 Å². The number of aromatic nitrogens is 1. The number of anilines is 2. The maximum atomic E-state index is 12.2. The third-order valence-corrected chi connectivity index (χ3v) is 3.52. The molecular formula is C17H23N3O3. The second-order valence-electron chi connectivity index (χ2n) is 5.37. The number of hydrogen-bond donors (Lipinski definition) is 2. The van der Waals surface area contributed by atoms with E-state index in [1.807, 2.05) is 6.92 Å². The smallest absolute Gasteiger partial charge is 0.258 e. The lowest BCUT2D eigenvalue weighted by molar-refractivity contribution is 0.102. The minimum atomic E-state index is -0.255. The highest BCUT2D eigenvalue weighted by Gasteiger charge is 2.16. The van der Waals surface area contributed by atoms with Crippen molar-refractivity contribution in [3.63, 3.8) is 0 Å². The van der Waals surface area contributed by atoms with Gasteiger partial charge in [0.2, 0.25) is 5.88 Å². The molecule has 0 unspecified atom stereocenters. The SMILES string of the molecule is CCCCOCCc1c(C)noc1NC(=O)c1ccc(N)cc1. The summed E-state index contributed by atoms with van der Waals surface area (Å²) >= 11 is 0. The lowest BCUT2D eigenvalue weighted by Gasteiger charge is -2.06. The number of unbranched alkanes of at least 4 members (excludes halogenated alkanes) is 1. The molecule has 0 saturated carbocycles. The van der Waals surface area contributed by atoms with Gasteiger partial charge < -0.3 is 15.0 Å². The molecule has 0 saturated heterocycles. The topological polar surface area (TPSA) is 90.4 Å². The largest absolute Gasteiger partial charge is 0.399 e. The molecule has 3 N–H and O–H groups in total. The monoisotopic (exact) mass is 317 g/mol. The van der Waals surface area contributed by atoms with Crippen molar-refractivity contribution in [3.05, 3.63) is 41.1 Å². The van der Waals surface area contributed by atoms with E-state index >= 15 is 0 Å². The molecule has 0 aliphatic carbocycles. The second kappa shape index (κ2) is 8.33. The Morgan fingerprint density at radius 1 is 1.30 bits per heavy atom. The van der Waals surface area contributed by atoms with E-state index < -0.39 is 0 Å². The maximum Gasteiger partial charge on any atom is 0.258 e. The molecule has 0 aliphatic rings. The van der Waals surface area contributed by atoms with Crippen LogP contribution in [0.1, 0.15) is 41.4 Å². The van der Waals surface area contributed by atoms with E-state index in [0.29, 0.717) is 30.2 Å². The van der Waals surface area contributed by atoms with Gasteiger partial charge in [0.1, 0.15) is 0 Å². The Labute approximate surface area is 136 Å². The number of nitrogens with two attached hydrogens (primary N) is 1. The summed E-state index contributed by atoms with van der Waals surface area (Å²) in [4.78, 5) is 12.2. The number of amides is 1. The minimum Gasteiger partial charge on any atom is -0.399 e. The van der Waals surface area contributed by atoms with Crippen molar-refractivity contribution in [2.45, 2.75) is 33.1 Å². The number of ether oxygens (including phenoxy) is 1. The zero-order valence-corrected chi connectivity index (χ0v) is 13.6. The van der Waals surface area contributed by atoms with Crippen molar-refractivity contribution in [2.75, 3.05) is 24.3 Å². The van der Waals surface area contributed by atoms with Crippen LogP contribution in [-0.4, -0.2) is 24.3 Å². The first-order chi connectivity index (χ1) is 11.1. The lowest BCUT2D eigenvalue weighted by Crippen LogP contribution is -2.13. The summed E-state index contributed by atoms with van der Waals surface area (Å²) in [6.45, 7) is 5.29. The summed E-state index contributed by atoms with van der Waals surface area (Å²) in [5, 5.41) is 6.68. The van der Waals surface area contributed by atoms with E-state index in [2.05, 4.69) is 17.4 Å². The third kappa shape index (κ3) is 4.82. The number of aryl methyl sites for hydroxylation is 1. The number of benzene rings is 1. The maximum absolute atomic E-state index is 12.2. The predicted octanol–water partition coefficient (Wildman–Crippen LogP) is 3.18. The summed E-state index contributed by atoms with van der Waals surface area (Å²) in [5.41, 5.74) is 8.37. The summed E-state index contributed by atoms with van der Waals surface area (Å²) in [6.07, 6.45) is 2.80. The van der Waals surface area contributed by atoms with Gasteiger partial charge in [0.25, 0.3) is 5.91 Å². The number of carbonyl (C=O) groups excluding carboxylic acids is 1. The number of nitrogens with one attached hydrogen (secondary N) is 1. The molecule has 1 aromatic heterocycles. The van der Waals surface area contributed by atoms with Gasteiger partial charge in [-0.05, 0) is 37.6 Å². The summed E-state index contributed by atoms with van der Waals surface area (Å²) < 4.78 is 10.8. The van der Waals surface area contributed by atoms with Gasteiger partial charge in [0.15, 0.2) is 0 Å². The van der Waals surface area contributed by atoms with Crippen LogP contribution in [0.15, 0.2) is 28.8 Å². The molecule has 1 amide bonds. The molecule has 0 bridgehead atoms. The number of rotatable bonds is 8. The minimum absolute atomic E-state index is 0.255. The van der Waals surface area contributed by atoms with E-state index in [0.717, 1.165) is 30.7 Å². The van der Waals surface area contributed by atoms with Crippen molar-refractivity contribution in [2.24, 2.45) is 0 Å². The van der Waals surface area contributed by atoms with E-state index in [-0.39, 0.29) is 5.91 Å². The molecule has 0 aliphatic heterocycles. The fourth-order valence-electron chi connectivity index (χ4n) is 2.11. The average molecular weight is 317 g/mol. The molecule has 0 radical (unpaired) electrons. The van der Waals surface area contributed by atoms with Crippen LogP contribution in [0.4, 0.5) is 11.6 Å². The molecule has 0 fully saturated rings. The zero-order valence-electron chi connectivity index (χ0n) is 13.6. The number of nitrogens with zero attached hydrogens (tertiary/aromatic N) is 1. The van der Waals surface area contributed by atoms with Crippen LogP contribution in [0.3, 0.4) is 0 Å². The first-order valence-corrected chi connectivity index (χ1v) is 7.81. The van der Waals surface area contributed by atoms with Crippen LogP contribution < -0.4 is 11.1 Å². The van der Waals surface area contributed by atoms with Crippen LogP contribution in [0.2, 0.25) is 0 Å². The number of carbonyl (C=O) groups is 1. The second-order valence-corrected chi connectivity index (χ2v) is 5.37. The van der Waals surface area contributed by atoms with Crippen LogP contribution in [0, 0.1) is 6.92 Å². The molecule has 1 aromatic carbocycles. The van der Waals surface area contributed by atoms with Gasteiger partial charge in [0.05, 0.1) is 12.3 Å². The van der Waals surface area contributed by atoms with Gasteiger partial charge in [-0.3, -0.25) is 10.1 Å². The summed E-state index contributed by atoms with van der Waals surface area (Å²) in [6, 6.07) is 6.70. The Bertz CT molecular complexity index is 635. The van der Waals surface area contributed by atoms with E-state index in [4.69, 9.17) is 15.0 Å². The molecule has 6 heteroatoms. The highest BCUT2D eigenvalue weighted by molar-refractivity contribution is 6.04. The highest BCUT2D eigenvalue weighted by atomic mass is 16.5. The van der Waals surface area contributed by atoms with Crippen LogP contribution in [-0.2, 0) is 11.2 Å². The first kappa shape index (κ1) is 17.0. The molecule has 2 rings (SSSR count). The van der Waals surface area contributed by atoms with Crippen molar-refractivity contribution < 1.29 is 14.1 Å². The molecule has 23 heavy (non-hydrogen) atoms. The Morgan fingerprint density at radius 2 is 2.04 bits per heavy atom. The van der Waals surface area contributed by atoms with Gasteiger partial charge in [-0.1, -0.05) is 18.5 Å². The van der Waals surface area contributed by atoms with Crippen molar-refractivity contribution in [1.82, 2.24) is 5.16 Å². The van der Waals surface area contributed by atoms with E-state index in [1.54, 1.807) is 24.3 Å². The van der Waals surface area contributed by atoms with Crippen molar-refractivity contribution >= 4 is 17.5 Å². The summed E-state index contributed by atoms with van der Waals surface area (Å²) in [7, 11) is 0. The summed E-state index contributed by atoms with van der Waals surface area (Å²) in [5.74, 6) is 0.123. The Morgan fingerprint density at radius 3 is 2.74 bits per heavy atom. The highest BCUT2D eigenvalue weighted by Crippen LogP contribution is 2.21. The van der Waals surface area contributed by atoms with Gasteiger partial charge in [-0.25, -0.2) is 0 Å². The number of nitrogen functional groups attached to an aromatic ring is 1. The normalized spacial score (nSPS) is 10.7. The third-order valence-electron chi connectivity index (χ3n) is 3.52. The van der Waals surface area contributed by atoms with Gasteiger partial charge in [0, 0.05) is 29.8 Å². The lowest BCUT2D eigenvalue weighted by atomic mass is 10.1. The fraction of sp³-hybridized carbons (Fsp3) is 0.412. The van der Waals surface area contributed by atoms with Crippen molar-refractivity contribution in [1.29, 1.82) is 0 Å². The standard InChI is InChI=1S/C17H23N3O3/c1-3-4-10-22-11-9-15-12(2)20-23-17(15)19-16(21)13-5-7-14(18)8-6-13/h5-8H,3-4,9-11,18H2,1-2H3,(H,19,21). The molecular weight excluding hydrogens is 294 g/mol. The first-order valence-electron chi connectivity index (χ1n) is 7.81. The molecule has 124 valence electrons. The molecule has 2 aromatic rings. The van der Waals surface area contributed by atoms with Crippen molar-refractivity contribution in [3.8, 4) is 0 Å².